The average molecular weight is 267 g/mol. The Hall–Kier alpha value is -0.130. The van der Waals surface area contributed by atoms with E-state index in [9.17, 15) is 9.59 Å². The lowest BCUT2D eigenvalue weighted by molar-refractivity contribution is -0.128. The van der Waals surface area contributed by atoms with Crippen molar-refractivity contribution < 1.29 is 9.59 Å². The average Bonchev–Trinajstić information content (AvgIpc) is 2.30. The molecule has 0 bridgehead atoms. The second-order valence-electron chi connectivity index (χ2n) is 2.76. The topological polar surface area (TPSA) is 37.4 Å². The van der Waals surface area contributed by atoms with E-state index >= 15 is 0 Å². The first kappa shape index (κ1) is 8.96. The molecule has 0 aromatic carbocycles. The smallest absolute Gasteiger partial charge is 0.210 e. The van der Waals surface area contributed by atoms with Crippen LogP contribution in [0.15, 0.2) is 0 Å². The van der Waals surface area contributed by atoms with E-state index in [2.05, 4.69) is 22.6 Å². The van der Waals surface area contributed by atoms with Crippen LogP contribution in [0.4, 0.5) is 0 Å². The fourth-order valence-corrected chi connectivity index (χ4v) is 2.26. The van der Waals surface area contributed by atoms with Gasteiger partial charge in [0.25, 0.3) is 0 Å². The molecule has 62 valence electrons. The third-order valence-electron chi connectivity index (χ3n) is 1.89. The third kappa shape index (κ3) is 1.91. The van der Waals surface area contributed by atoms with Gasteiger partial charge in [0.15, 0.2) is 5.78 Å². The maximum Gasteiger partial charge on any atom is 0.210 e. The van der Waals surface area contributed by atoms with Gasteiger partial charge in [-0.2, -0.15) is 0 Å². The van der Waals surface area contributed by atoms with Crippen LogP contribution >= 0.6 is 22.6 Å². The highest BCUT2D eigenvalue weighted by Gasteiger charge is 2.32. The lowest BCUT2D eigenvalue weighted by Gasteiger charge is -2.15. The van der Waals surface area contributed by atoms with Crippen molar-refractivity contribution in [2.75, 3.05) is 6.54 Å². The summed E-state index contributed by atoms with van der Waals surface area (Å²) in [4.78, 5) is 23.0. The summed E-state index contributed by atoms with van der Waals surface area (Å²) in [5.74, 6) is 0.0938. The Morgan fingerprint density at radius 1 is 1.73 bits per heavy atom. The molecular weight excluding hydrogens is 257 g/mol. The summed E-state index contributed by atoms with van der Waals surface area (Å²) in [5.41, 5.74) is 0. The molecule has 0 radical (unpaired) electrons. The molecule has 1 fully saturated rings. The van der Waals surface area contributed by atoms with Gasteiger partial charge in [-0.3, -0.25) is 9.59 Å². The number of amides is 1. The molecule has 3 nitrogen and oxygen atoms in total. The predicted molar refractivity (Wildman–Crippen MR) is 49.7 cm³/mol. The highest BCUT2D eigenvalue weighted by molar-refractivity contribution is 14.1. The number of ketones is 1. The fraction of sp³-hybridized carbons (Fsp3) is 0.714. The molecule has 1 rings (SSSR count). The van der Waals surface area contributed by atoms with Crippen LogP contribution in [0.25, 0.3) is 0 Å². The van der Waals surface area contributed by atoms with Crippen molar-refractivity contribution in [2.45, 2.75) is 23.3 Å². The lowest BCUT2D eigenvalue weighted by atomic mass is 10.1. The fourth-order valence-electron chi connectivity index (χ4n) is 1.32. The Labute approximate surface area is 79.3 Å². The van der Waals surface area contributed by atoms with Gasteiger partial charge < -0.3 is 4.90 Å². The summed E-state index contributed by atoms with van der Waals surface area (Å²) in [6, 6.07) is -0.158. The lowest BCUT2D eigenvalue weighted by Crippen LogP contribution is -2.33. The number of Topliss-reactive ketones (excluding diaryl/α,β-unsaturated/α-hetero) is 1. The van der Waals surface area contributed by atoms with Crippen LogP contribution in [0.3, 0.4) is 0 Å². The van der Waals surface area contributed by atoms with Crippen molar-refractivity contribution in [3.05, 3.63) is 0 Å². The normalized spacial score (nSPS) is 30.5. The number of hydrogen-bond donors (Lipinski definition) is 0. The summed E-state index contributed by atoms with van der Waals surface area (Å²) in [5, 5.41) is 0. The summed E-state index contributed by atoms with van der Waals surface area (Å²) in [6.45, 7) is 2.25. The summed E-state index contributed by atoms with van der Waals surface area (Å²) in [6.07, 6.45) is 1.58. The Morgan fingerprint density at radius 2 is 2.36 bits per heavy atom. The number of halogens is 1. The molecular formula is C7H10INO2. The van der Waals surface area contributed by atoms with Crippen LogP contribution in [-0.4, -0.2) is 33.6 Å². The molecule has 0 unspecified atom stereocenters. The Bertz CT molecular complexity index is 183. The van der Waals surface area contributed by atoms with Crippen LogP contribution in [0.1, 0.15) is 13.3 Å². The van der Waals surface area contributed by atoms with Gasteiger partial charge in [-0.1, -0.05) is 22.6 Å². The molecule has 0 N–H and O–H groups in total. The Morgan fingerprint density at radius 3 is 2.73 bits per heavy atom. The van der Waals surface area contributed by atoms with E-state index in [4.69, 9.17) is 0 Å². The molecule has 2 atom stereocenters. The summed E-state index contributed by atoms with van der Waals surface area (Å²) in [7, 11) is 0. The van der Waals surface area contributed by atoms with Crippen molar-refractivity contribution >= 4 is 34.8 Å². The molecule has 1 aliphatic heterocycles. The van der Waals surface area contributed by atoms with Gasteiger partial charge in [0, 0.05) is 10.5 Å². The number of alkyl halides is 1. The van der Waals surface area contributed by atoms with Gasteiger partial charge in [-0.25, -0.2) is 0 Å². The number of carbonyl (C=O) groups excluding carboxylic acids is 2. The van der Waals surface area contributed by atoms with Crippen LogP contribution in [0, 0.1) is 0 Å². The zero-order valence-corrected chi connectivity index (χ0v) is 8.45. The summed E-state index contributed by atoms with van der Waals surface area (Å²) >= 11 is 2.27. The van der Waals surface area contributed by atoms with E-state index in [1.165, 1.54) is 6.92 Å². The van der Waals surface area contributed by atoms with Crippen molar-refractivity contribution in [3.63, 3.8) is 0 Å². The monoisotopic (exact) mass is 267 g/mol. The van der Waals surface area contributed by atoms with Gasteiger partial charge in [0.05, 0.1) is 6.04 Å². The van der Waals surface area contributed by atoms with Gasteiger partial charge in [-0.15, -0.1) is 0 Å². The van der Waals surface area contributed by atoms with Crippen LogP contribution in [0.5, 0.6) is 0 Å². The SMILES string of the molecule is CC(=O)[C@@H]1C[C@H](I)CN1C=O. The van der Waals surface area contributed by atoms with Crippen molar-refractivity contribution in [1.29, 1.82) is 0 Å². The maximum atomic E-state index is 11.0. The quantitative estimate of drug-likeness (QED) is 0.417. The Balaban J connectivity index is 2.64. The van der Waals surface area contributed by atoms with E-state index in [1.807, 2.05) is 0 Å². The van der Waals surface area contributed by atoms with E-state index in [1.54, 1.807) is 4.90 Å². The molecule has 0 aromatic rings. The zero-order chi connectivity index (χ0) is 8.43. The number of likely N-dealkylation sites (tertiary alicyclic amines) is 1. The van der Waals surface area contributed by atoms with Gasteiger partial charge in [-0.05, 0) is 13.3 Å². The number of carbonyl (C=O) groups is 2. The van der Waals surface area contributed by atoms with Crippen molar-refractivity contribution in [1.82, 2.24) is 4.90 Å². The minimum atomic E-state index is -0.158. The molecule has 1 amide bonds. The molecule has 0 saturated carbocycles. The largest absolute Gasteiger partial charge is 0.334 e. The first-order valence-electron chi connectivity index (χ1n) is 3.50. The molecule has 0 aromatic heterocycles. The maximum absolute atomic E-state index is 11.0. The first-order chi connectivity index (χ1) is 5.15. The van der Waals surface area contributed by atoms with E-state index in [-0.39, 0.29) is 11.8 Å². The molecule has 1 saturated heterocycles. The van der Waals surface area contributed by atoms with Gasteiger partial charge in [0.1, 0.15) is 0 Å². The zero-order valence-electron chi connectivity index (χ0n) is 6.29. The minimum Gasteiger partial charge on any atom is -0.334 e. The summed E-state index contributed by atoms with van der Waals surface area (Å²) < 4.78 is 0.437. The van der Waals surface area contributed by atoms with Crippen LogP contribution < -0.4 is 0 Å². The highest BCUT2D eigenvalue weighted by Crippen LogP contribution is 2.22. The van der Waals surface area contributed by atoms with Crippen molar-refractivity contribution in [3.8, 4) is 0 Å². The third-order valence-corrected chi connectivity index (χ3v) is 2.80. The van der Waals surface area contributed by atoms with E-state index in [0.717, 1.165) is 12.8 Å². The number of nitrogens with zero attached hydrogens (tertiary/aromatic N) is 1. The van der Waals surface area contributed by atoms with Gasteiger partial charge in [0.2, 0.25) is 6.41 Å². The second kappa shape index (κ2) is 3.51. The first-order valence-corrected chi connectivity index (χ1v) is 4.75. The van der Waals surface area contributed by atoms with E-state index in [0.29, 0.717) is 10.5 Å². The van der Waals surface area contributed by atoms with Crippen LogP contribution in [0.2, 0.25) is 0 Å². The van der Waals surface area contributed by atoms with Crippen molar-refractivity contribution in [2.24, 2.45) is 0 Å². The van der Waals surface area contributed by atoms with Crippen LogP contribution in [-0.2, 0) is 9.59 Å². The highest BCUT2D eigenvalue weighted by atomic mass is 127. The van der Waals surface area contributed by atoms with Gasteiger partial charge >= 0.3 is 0 Å². The molecule has 11 heavy (non-hydrogen) atoms. The number of rotatable bonds is 2. The standard InChI is InChI=1S/C7H10INO2/c1-5(11)7-2-6(8)3-9(7)4-10/h4,6-7H,2-3H2,1H3/t6-,7-/m0/s1. The second-order valence-corrected chi connectivity index (χ2v) is 4.52. The molecule has 4 heteroatoms. The molecule has 0 aliphatic carbocycles. The number of hydrogen-bond acceptors (Lipinski definition) is 2. The minimum absolute atomic E-state index is 0.0938. The van der Waals surface area contributed by atoms with E-state index < -0.39 is 0 Å². The Kier molecular flexibility index (Phi) is 2.86. The molecule has 1 aliphatic rings. The molecule has 1 heterocycles. The predicted octanol–water partition coefficient (Wildman–Crippen LogP) is 0.610. The molecule has 0 spiro atoms.